The molecule has 5 heteroatoms. The lowest BCUT2D eigenvalue weighted by molar-refractivity contribution is 0.582. The Morgan fingerprint density at radius 3 is 2.69 bits per heavy atom. The quantitative estimate of drug-likeness (QED) is 0.615. The molecule has 3 aromatic rings. The standard InChI is InChI=1S/C11H6Cl2N2O/c12-9-2-1-3-11-14-7(6-15(9)11)8-4-5-10(13)16-8/h1-6H. The van der Waals surface area contributed by atoms with Gasteiger partial charge in [-0.2, -0.15) is 0 Å². The molecule has 3 heterocycles. The van der Waals surface area contributed by atoms with Gasteiger partial charge in [-0.3, -0.25) is 4.40 Å². The summed E-state index contributed by atoms with van der Waals surface area (Å²) in [7, 11) is 0. The van der Waals surface area contributed by atoms with E-state index in [1.165, 1.54) is 0 Å². The second kappa shape index (κ2) is 3.54. The Bertz CT molecular complexity index is 657. The maximum absolute atomic E-state index is 6.03. The number of aromatic nitrogens is 2. The molecule has 0 unspecified atom stereocenters. The van der Waals surface area contributed by atoms with Gasteiger partial charge < -0.3 is 4.42 Å². The lowest BCUT2D eigenvalue weighted by atomic mass is 10.4. The van der Waals surface area contributed by atoms with Gasteiger partial charge >= 0.3 is 0 Å². The van der Waals surface area contributed by atoms with Crippen LogP contribution in [0.5, 0.6) is 0 Å². The van der Waals surface area contributed by atoms with Crippen molar-refractivity contribution in [1.82, 2.24) is 9.38 Å². The van der Waals surface area contributed by atoms with Crippen LogP contribution in [0.2, 0.25) is 10.4 Å². The monoisotopic (exact) mass is 252 g/mol. The summed E-state index contributed by atoms with van der Waals surface area (Å²) in [6, 6.07) is 8.99. The fourth-order valence-electron chi connectivity index (χ4n) is 1.55. The third-order valence-corrected chi connectivity index (χ3v) is 2.78. The van der Waals surface area contributed by atoms with Gasteiger partial charge in [0.2, 0.25) is 0 Å². The van der Waals surface area contributed by atoms with Crippen molar-refractivity contribution in [3.63, 3.8) is 0 Å². The number of hydrogen-bond acceptors (Lipinski definition) is 2. The molecule has 16 heavy (non-hydrogen) atoms. The highest BCUT2D eigenvalue weighted by molar-refractivity contribution is 6.29. The van der Waals surface area contributed by atoms with Gasteiger partial charge in [0.05, 0.1) is 0 Å². The summed E-state index contributed by atoms with van der Waals surface area (Å²) < 4.78 is 7.07. The van der Waals surface area contributed by atoms with E-state index in [-0.39, 0.29) is 0 Å². The maximum atomic E-state index is 6.03. The molecule has 3 aromatic heterocycles. The molecule has 0 aliphatic carbocycles. The van der Waals surface area contributed by atoms with Gasteiger partial charge in [0, 0.05) is 6.20 Å². The van der Waals surface area contributed by atoms with Crippen molar-refractivity contribution in [1.29, 1.82) is 0 Å². The molecule has 0 amide bonds. The van der Waals surface area contributed by atoms with Gasteiger partial charge in [-0.25, -0.2) is 4.98 Å². The Hall–Kier alpha value is -1.45. The van der Waals surface area contributed by atoms with Crippen molar-refractivity contribution in [3.8, 4) is 11.5 Å². The fourth-order valence-corrected chi connectivity index (χ4v) is 1.90. The van der Waals surface area contributed by atoms with Crippen molar-refractivity contribution in [2.45, 2.75) is 0 Å². The second-order valence-electron chi connectivity index (χ2n) is 3.31. The summed E-state index contributed by atoms with van der Waals surface area (Å²) in [5, 5.41) is 0.951. The number of furan rings is 1. The number of pyridine rings is 1. The topological polar surface area (TPSA) is 30.4 Å². The van der Waals surface area contributed by atoms with Crippen molar-refractivity contribution < 1.29 is 4.42 Å². The largest absolute Gasteiger partial charge is 0.443 e. The van der Waals surface area contributed by atoms with Gasteiger partial charge in [-0.05, 0) is 35.9 Å². The van der Waals surface area contributed by atoms with E-state index in [9.17, 15) is 0 Å². The summed E-state index contributed by atoms with van der Waals surface area (Å²) in [5.41, 5.74) is 1.48. The van der Waals surface area contributed by atoms with Crippen LogP contribution in [-0.4, -0.2) is 9.38 Å². The van der Waals surface area contributed by atoms with Crippen LogP contribution in [0.4, 0.5) is 0 Å². The first kappa shape index (κ1) is 9.75. The first-order valence-corrected chi connectivity index (χ1v) is 5.39. The molecule has 0 bridgehead atoms. The number of hydrogen-bond donors (Lipinski definition) is 0. The van der Waals surface area contributed by atoms with Crippen molar-refractivity contribution >= 4 is 28.8 Å². The second-order valence-corrected chi connectivity index (χ2v) is 4.07. The minimum Gasteiger partial charge on any atom is -0.443 e. The number of rotatable bonds is 1. The lowest BCUT2D eigenvalue weighted by Crippen LogP contribution is -1.82. The van der Waals surface area contributed by atoms with Crippen molar-refractivity contribution in [2.75, 3.05) is 0 Å². The smallest absolute Gasteiger partial charge is 0.194 e. The van der Waals surface area contributed by atoms with Crippen LogP contribution < -0.4 is 0 Å². The minimum atomic E-state index is 0.346. The third kappa shape index (κ3) is 1.49. The molecule has 0 aliphatic heterocycles. The fraction of sp³-hybridized carbons (Fsp3) is 0. The molecule has 0 saturated carbocycles. The molecule has 0 fully saturated rings. The summed E-state index contributed by atoms with van der Waals surface area (Å²) >= 11 is 11.7. The predicted molar refractivity (Wildman–Crippen MR) is 62.9 cm³/mol. The zero-order valence-corrected chi connectivity index (χ0v) is 9.53. The average Bonchev–Trinajstić information content (AvgIpc) is 2.84. The van der Waals surface area contributed by atoms with E-state index in [0.717, 1.165) is 5.65 Å². The van der Waals surface area contributed by atoms with Crippen LogP contribution in [0.25, 0.3) is 17.1 Å². The van der Waals surface area contributed by atoms with Crippen LogP contribution in [0.1, 0.15) is 0 Å². The first-order chi connectivity index (χ1) is 7.74. The average molecular weight is 253 g/mol. The van der Waals surface area contributed by atoms with Crippen LogP contribution in [0, 0.1) is 0 Å². The summed E-state index contributed by atoms with van der Waals surface area (Å²) in [5.74, 6) is 0.629. The Kier molecular flexibility index (Phi) is 2.16. The van der Waals surface area contributed by atoms with Gasteiger partial charge in [0.25, 0.3) is 0 Å². The van der Waals surface area contributed by atoms with Gasteiger partial charge in [0.1, 0.15) is 16.5 Å². The molecule has 3 nitrogen and oxygen atoms in total. The molecule has 0 saturated heterocycles. The number of halogens is 2. The highest BCUT2D eigenvalue weighted by Crippen LogP contribution is 2.25. The molecule has 80 valence electrons. The van der Waals surface area contributed by atoms with E-state index in [4.69, 9.17) is 27.6 Å². The van der Waals surface area contributed by atoms with Gasteiger partial charge in [-0.1, -0.05) is 17.7 Å². The molecule has 3 rings (SSSR count). The molecule has 0 radical (unpaired) electrons. The zero-order chi connectivity index (χ0) is 11.1. The molecule has 0 spiro atoms. The van der Waals surface area contributed by atoms with Gasteiger partial charge in [0.15, 0.2) is 11.0 Å². The Labute approximate surface area is 101 Å². The Balaban J connectivity index is 2.22. The Morgan fingerprint density at radius 2 is 2.00 bits per heavy atom. The van der Waals surface area contributed by atoms with Crippen molar-refractivity contribution in [3.05, 3.63) is 46.9 Å². The zero-order valence-electron chi connectivity index (χ0n) is 8.02. The molecule has 0 atom stereocenters. The van der Waals surface area contributed by atoms with E-state index in [0.29, 0.717) is 21.8 Å². The maximum Gasteiger partial charge on any atom is 0.194 e. The van der Waals surface area contributed by atoms with Crippen LogP contribution in [-0.2, 0) is 0 Å². The number of imidazole rings is 1. The van der Waals surface area contributed by atoms with E-state index in [1.807, 2.05) is 18.3 Å². The van der Waals surface area contributed by atoms with Crippen LogP contribution in [0.3, 0.4) is 0 Å². The Morgan fingerprint density at radius 1 is 1.12 bits per heavy atom. The van der Waals surface area contributed by atoms with E-state index in [1.54, 1.807) is 22.6 Å². The highest BCUT2D eigenvalue weighted by atomic mass is 35.5. The summed E-state index contributed by atoms with van der Waals surface area (Å²) in [4.78, 5) is 4.38. The molecule has 0 aromatic carbocycles. The summed E-state index contributed by atoms with van der Waals surface area (Å²) in [6.45, 7) is 0. The number of nitrogens with zero attached hydrogens (tertiary/aromatic N) is 2. The lowest BCUT2D eigenvalue weighted by Gasteiger charge is -1.93. The van der Waals surface area contributed by atoms with Crippen LogP contribution >= 0.6 is 23.2 Å². The molecule has 0 aliphatic rings. The summed E-state index contributed by atoms with van der Waals surface area (Å²) in [6.07, 6.45) is 1.81. The number of fused-ring (bicyclic) bond motifs is 1. The predicted octanol–water partition coefficient (Wildman–Crippen LogP) is 3.90. The first-order valence-electron chi connectivity index (χ1n) is 4.63. The minimum absolute atomic E-state index is 0.346. The molecule has 0 N–H and O–H groups in total. The van der Waals surface area contributed by atoms with E-state index < -0.39 is 0 Å². The normalized spacial score (nSPS) is 11.1. The van der Waals surface area contributed by atoms with E-state index in [2.05, 4.69) is 4.98 Å². The van der Waals surface area contributed by atoms with Crippen molar-refractivity contribution in [2.24, 2.45) is 0 Å². The molecular weight excluding hydrogens is 247 g/mol. The third-order valence-electron chi connectivity index (χ3n) is 2.27. The van der Waals surface area contributed by atoms with Gasteiger partial charge in [-0.15, -0.1) is 0 Å². The SMILES string of the molecule is Clc1ccc(-c2cn3c(Cl)cccc3n2)o1. The van der Waals surface area contributed by atoms with E-state index >= 15 is 0 Å². The van der Waals surface area contributed by atoms with Crippen LogP contribution in [0.15, 0.2) is 40.9 Å². The highest BCUT2D eigenvalue weighted by Gasteiger charge is 2.09. The molecular formula is C11H6Cl2N2O.